The Balaban J connectivity index is 1.78. The molecular weight excluding hydrogens is 314 g/mol. The lowest BCUT2D eigenvalue weighted by molar-refractivity contribution is -0.109. The second-order valence-corrected chi connectivity index (χ2v) is 7.36. The van der Waals surface area contributed by atoms with Crippen molar-refractivity contribution in [3.63, 3.8) is 0 Å². The second kappa shape index (κ2) is 11.0. The van der Waals surface area contributed by atoms with E-state index >= 15 is 0 Å². The molecule has 1 aromatic carbocycles. The molecule has 24 heavy (non-hydrogen) atoms. The summed E-state index contributed by atoms with van der Waals surface area (Å²) in [4.78, 5) is 15.2. The zero-order valence-corrected chi connectivity index (χ0v) is 15.2. The minimum atomic E-state index is 0.219. The van der Waals surface area contributed by atoms with Gasteiger partial charge in [-0.25, -0.2) is 0 Å². The van der Waals surface area contributed by atoms with Crippen LogP contribution in [0, 0.1) is 12.3 Å². The van der Waals surface area contributed by atoms with Gasteiger partial charge in [0.15, 0.2) is 5.12 Å². The Kier molecular flexibility index (Phi) is 8.61. The minimum absolute atomic E-state index is 0.219. The molecule has 0 aliphatic rings. The summed E-state index contributed by atoms with van der Waals surface area (Å²) in [5.41, 5.74) is 2.64. The van der Waals surface area contributed by atoms with Gasteiger partial charge in [0.1, 0.15) is 0 Å². The number of thioether (sulfide) groups is 1. The van der Waals surface area contributed by atoms with Gasteiger partial charge in [0.05, 0.1) is 0 Å². The lowest BCUT2D eigenvalue weighted by atomic mass is 9.91. The van der Waals surface area contributed by atoms with Gasteiger partial charge in [-0.05, 0) is 61.3 Å². The van der Waals surface area contributed by atoms with Gasteiger partial charge in [-0.2, -0.15) is 0 Å². The molecule has 0 fully saturated rings. The highest BCUT2D eigenvalue weighted by atomic mass is 32.2. The third kappa shape index (κ3) is 7.78. The molecule has 0 bridgehead atoms. The molecule has 0 saturated carbocycles. The lowest BCUT2D eigenvalue weighted by Crippen LogP contribution is -2.05. The Morgan fingerprint density at radius 1 is 1.12 bits per heavy atom. The maximum Gasteiger partial charge on any atom is 0.185 e. The molecule has 0 N–H and O–H groups in total. The normalized spacial score (nSPS) is 12.0. The zero-order valence-electron chi connectivity index (χ0n) is 14.4. The molecule has 1 radical (unpaired) electrons. The third-order valence-electron chi connectivity index (χ3n) is 4.15. The van der Waals surface area contributed by atoms with Crippen LogP contribution in [-0.4, -0.2) is 15.9 Å². The maximum absolute atomic E-state index is 11.2. The van der Waals surface area contributed by atoms with Crippen molar-refractivity contribution in [2.45, 2.75) is 39.0 Å². The highest BCUT2D eigenvalue weighted by Crippen LogP contribution is 2.23. The summed E-state index contributed by atoms with van der Waals surface area (Å²) in [5, 5.41) is 0.219. The predicted molar refractivity (Wildman–Crippen MR) is 103 cm³/mol. The van der Waals surface area contributed by atoms with Crippen LogP contribution in [0.5, 0.6) is 0 Å². The molecule has 0 aliphatic heterocycles. The Morgan fingerprint density at radius 2 is 1.88 bits per heavy atom. The molecule has 0 spiro atoms. The van der Waals surface area contributed by atoms with Crippen molar-refractivity contribution < 1.29 is 4.79 Å². The van der Waals surface area contributed by atoms with Gasteiger partial charge in [0.25, 0.3) is 0 Å². The SMILES string of the molecule is CC(=O)SCCC(C[CH]c1ccncc1)CCCc1ccccc1. The number of benzene rings is 1. The van der Waals surface area contributed by atoms with E-state index < -0.39 is 0 Å². The lowest BCUT2D eigenvalue weighted by Gasteiger charge is -2.16. The molecular formula is C21H26NOS. The van der Waals surface area contributed by atoms with E-state index in [0.29, 0.717) is 5.92 Å². The van der Waals surface area contributed by atoms with Crippen molar-refractivity contribution >= 4 is 16.9 Å². The van der Waals surface area contributed by atoms with Gasteiger partial charge < -0.3 is 0 Å². The van der Waals surface area contributed by atoms with Crippen molar-refractivity contribution in [3.05, 3.63) is 72.4 Å². The predicted octanol–water partition coefficient (Wildman–Crippen LogP) is 5.33. The van der Waals surface area contributed by atoms with Crippen LogP contribution in [0.3, 0.4) is 0 Å². The van der Waals surface area contributed by atoms with Crippen molar-refractivity contribution in [3.8, 4) is 0 Å². The molecule has 1 aromatic heterocycles. The van der Waals surface area contributed by atoms with Crippen molar-refractivity contribution in [1.82, 2.24) is 4.98 Å². The van der Waals surface area contributed by atoms with Crippen LogP contribution < -0.4 is 0 Å². The first kappa shape index (κ1) is 18.7. The number of aryl methyl sites for hydroxylation is 1. The number of carbonyl (C=O) groups is 1. The van der Waals surface area contributed by atoms with E-state index in [9.17, 15) is 4.79 Å². The summed E-state index contributed by atoms with van der Waals surface area (Å²) in [6.45, 7) is 1.65. The number of hydrogen-bond acceptors (Lipinski definition) is 3. The smallest absolute Gasteiger partial charge is 0.185 e. The molecule has 3 heteroatoms. The summed E-state index contributed by atoms with van der Waals surface area (Å²) >= 11 is 1.45. The van der Waals surface area contributed by atoms with Gasteiger partial charge in [0.2, 0.25) is 0 Å². The Labute approximate surface area is 150 Å². The Morgan fingerprint density at radius 3 is 2.58 bits per heavy atom. The monoisotopic (exact) mass is 340 g/mol. The standard InChI is InChI=1S/C21H26NOS/c1-18(23)24-17-14-20(10-11-21-12-15-22-16-13-21)9-5-8-19-6-3-2-4-7-19/h2-4,6-7,11-13,15-16,20H,5,8-10,14,17H2,1H3. The van der Waals surface area contributed by atoms with E-state index in [1.54, 1.807) is 6.92 Å². The Hall–Kier alpha value is -1.61. The average molecular weight is 341 g/mol. The first-order valence-electron chi connectivity index (χ1n) is 8.64. The van der Waals surface area contributed by atoms with Gasteiger partial charge in [-0.15, -0.1) is 0 Å². The largest absolute Gasteiger partial charge is 0.288 e. The average Bonchev–Trinajstić information content (AvgIpc) is 2.61. The summed E-state index contributed by atoms with van der Waals surface area (Å²) in [5.74, 6) is 1.56. The molecule has 1 heterocycles. The van der Waals surface area contributed by atoms with Crippen molar-refractivity contribution in [2.24, 2.45) is 5.92 Å². The van der Waals surface area contributed by atoms with E-state index in [-0.39, 0.29) is 5.12 Å². The molecule has 2 nitrogen and oxygen atoms in total. The first-order chi connectivity index (χ1) is 11.7. The van der Waals surface area contributed by atoms with E-state index in [0.717, 1.165) is 25.0 Å². The summed E-state index contributed by atoms with van der Waals surface area (Å²) < 4.78 is 0. The van der Waals surface area contributed by atoms with E-state index in [1.807, 2.05) is 24.5 Å². The number of aromatic nitrogens is 1. The zero-order chi connectivity index (χ0) is 17.0. The number of pyridine rings is 1. The van der Waals surface area contributed by atoms with Gasteiger partial charge >= 0.3 is 0 Å². The molecule has 2 rings (SSSR count). The minimum Gasteiger partial charge on any atom is -0.288 e. The highest BCUT2D eigenvalue weighted by Gasteiger charge is 2.10. The fourth-order valence-corrected chi connectivity index (χ4v) is 3.53. The highest BCUT2D eigenvalue weighted by molar-refractivity contribution is 8.13. The van der Waals surface area contributed by atoms with E-state index in [4.69, 9.17) is 0 Å². The van der Waals surface area contributed by atoms with Crippen molar-refractivity contribution in [2.75, 3.05) is 5.75 Å². The first-order valence-corrected chi connectivity index (χ1v) is 9.63. The number of nitrogens with zero attached hydrogens (tertiary/aromatic N) is 1. The summed E-state index contributed by atoms with van der Waals surface area (Å²) in [7, 11) is 0. The second-order valence-electron chi connectivity index (χ2n) is 6.09. The molecule has 1 atom stereocenters. The van der Waals surface area contributed by atoms with E-state index in [2.05, 4.69) is 41.7 Å². The van der Waals surface area contributed by atoms with Gasteiger partial charge in [-0.3, -0.25) is 9.78 Å². The molecule has 0 saturated heterocycles. The number of carbonyl (C=O) groups excluding carboxylic acids is 1. The molecule has 0 amide bonds. The van der Waals surface area contributed by atoms with Crippen LogP contribution in [0.25, 0.3) is 0 Å². The fourth-order valence-electron chi connectivity index (χ4n) is 2.79. The van der Waals surface area contributed by atoms with Crippen LogP contribution in [0.2, 0.25) is 0 Å². The quantitative estimate of drug-likeness (QED) is 0.585. The van der Waals surface area contributed by atoms with E-state index in [1.165, 1.54) is 35.7 Å². The number of rotatable bonds is 10. The molecule has 127 valence electrons. The van der Waals surface area contributed by atoms with Gasteiger partial charge in [0, 0.05) is 25.1 Å². The van der Waals surface area contributed by atoms with Crippen LogP contribution >= 0.6 is 11.8 Å². The molecule has 1 unspecified atom stereocenters. The van der Waals surface area contributed by atoms with Crippen molar-refractivity contribution in [1.29, 1.82) is 0 Å². The summed E-state index contributed by atoms with van der Waals surface area (Å²) in [6.07, 6.45) is 11.7. The molecule has 2 aromatic rings. The van der Waals surface area contributed by atoms with Crippen LogP contribution in [-0.2, 0) is 11.2 Å². The number of hydrogen-bond donors (Lipinski definition) is 0. The Bertz CT molecular complexity index is 585. The third-order valence-corrected chi connectivity index (χ3v) is 4.99. The van der Waals surface area contributed by atoms with Crippen LogP contribution in [0.15, 0.2) is 54.9 Å². The van der Waals surface area contributed by atoms with Crippen LogP contribution in [0.4, 0.5) is 0 Å². The van der Waals surface area contributed by atoms with Gasteiger partial charge in [-0.1, -0.05) is 48.5 Å². The topological polar surface area (TPSA) is 30.0 Å². The molecule has 0 aliphatic carbocycles. The fraction of sp³-hybridized carbons (Fsp3) is 0.381. The maximum atomic E-state index is 11.2. The summed E-state index contributed by atoms with van der Waals surface area (Å²) in [6, 6.07) is 14.8. The van der Waals surface area contributed by atoms with Crippen LogP contribution in [0.1, 0.15) is 43.7 Å².